The zero-order valence-corrected chi connectivity index (χ0v) is 13.0. The number of rotatable bonds is 9. The van der Waals surface area contributed by atoms with Gasteiger partial charge in [-0.3, -0.25) is 14.4 Å². The molecule has 0 aromatic heterocycles. The highest BCUT2D eigenvalue weighted by atomic mass is 16.5. The van der Waals surface area contributed by atoms with Crippen molar-refractivity contribution in [1.82, 2.24) is 5.32 Å². The van der Waals surface area contributed by atoms with Crippen LogP contribution in [0.5, 0.6) is 0 Å². The van der Waals surface area contributed by atoms with Gasteiger partial charge in [0.25, 0.3) is 0 Å². The van der Waals surface area contributed by atoms with Gasteiger partial charge in [-0.2, -0.15) is 0 Å². The Morgan fingerprint density at radius 3 is 2.43 bits per heavy atom. The van der Waals surface area contributed by atoms with Crippen LogP contribution in [-0.2, 0) is 19.1 Å². The predicted molar refractivity (Wildman–Crippen MR) is 79.7 cm³/mol. The molecule has 0 spiro atoms. The SMILES string of the molecule is CC(=O)NCCCCCC(=O)OCC(=O)C1CCCCC1. The zero-order valence-electron chi connectivity index (χ0n) is 13.0. The molecule has 1 aliphatic carbocycles. The Kier molecular flexibility index (Phi) is 8.71. The molecule has 0 radical (unpaired) electrons. The largest absolute Gasteiger partial charge is 0.458 e. The zero-order chi connectivity index (χ0) is 15.5. The summed E-state index contributed by atoms with van der Waals surface area (Å²) in [6.45, 7) is 2.07. The number of esters is 1. The van der Waals surface area contributed by atoms with Crippen LogP contribution in [0.1, 0.15) is 64.7 Å². The van der Waals surface area contributed by atoms with E-state index in [9.17, 15) is 14.4 Å². The highest BCUT2D eigenvalue weighted by Crippen LogP contribution is 2.24. The van der Waals surface area contributed by atoms with Crippen LogP contribution in [0.4, 0.5) is 0 Å². The van der Waals surface area contributed by atoms with Gasteiger partial charge in [-0.15, -0.1) is 0 Å². The monoisotopic (exact) mass is 297 g/mol. The topological polar surface area (TPSA) is 72.5 Å². The summed E-state index contributed by atoms with van der Waals surface area (Å²) in [5.74, 6) is -0.146. The van der Waals surface area contributed by atoms with Crippen LogP contribution < -0.4 is 5.32 Å². The number of nitrogens with one attached hydrogen (secondary N) is 1. The lowest BCUT2D eigenvalue weighted by Crippen LogP contribution is -2.23. The average Bonchev–Trinajstić information content (AvgIpc) is 2.49. The molecule has 1 fully saturated rings. The van der Waals surface area contributed by atoms with E-state index in [4.69, 9.17) is 4.74 Å². The maximum atomic E-state index is 11.9. The van der Waals surface area contributed by atoms with E-state index < -0.39 is 0 Å². The Morgan fingerprint density at radius 2 is 1.76 bits per heavy atom. The summed E-state index contributed by atoms with van der Waals surface area (Å²) in [5.41, 5.74) is 0. The molecule has 1 rings (SSSR count). The van der Waals surface area contributed by atoms with E-state index in [-0.39, 0.29) is 30.2 Å². The molecule has 5 nitrogen and oxygen atoms in total. The molecule has 1 saturated carbocycles. The summed E-state index contributed by atoms with van der Waals surface area (Å²) in [7, 11) is 0. The Morgan fingerprint density at radius 1 is 1.05 bits per heavy atom. The predicted octanol–water partition coefficient (Wildman–Crippen LogP) is 2.38. The number of unbranched alkanes of at least 4 members (excludes halogenated alkanes) is 2. The minimum atomic E-state index is -0.293. The van der Waals surface area contributed by atoms with Gasteiger partial charge < -0.3 is 10.1 Å². The van der Waals surface area contributed by atoms with Gasteiger partial charge in [0.1, 0.15) is 6.61 Å². The summed E-state index contributed by atoms with van der Waals surface area (Å²) in [5, 5.41) is 2.71. The Labute approximate surface area is 126 Å². The van der Waals surface area contributed by atoms with Crippen LogP contribution in [0.2, 0.25) is 0 Å². The normalized spacial score (nSPS) is 15.5. The van der Waals surface area contributed by atoms with Gasteiger partial charge in [0.15, 0.2) is 5.78 Å². The number of carbonyl (C=O) groups is 3. The first-order valence-electron chi connectivity index (χ1n) is 8.02. The standard InChI is InChI=1S/C16H27NO4/c1-13(18)17-11-7-3-6-10-16(20)21-12-15(19)14-8-4-2-5-9-14/h14H,2-12H2,1H3,(H,17,18). The van der Waals surface area contributed by atoms with E-state index >= 15 is 0 Å². The lowest BCUT2D eigenvalue weighted by atomic mass is 9.86. The maximum absolute atomic E-state index is 11.9. The number of ketones is 1. The highest BCUT2D eigenvalue weighted by molar-refractivity contribution is 5.84. The molecule has 0 aliphatic heterocycles. The van der Waals surface area contributed by atoms with E-state index in [1.165, 1.54) is 13.3 Å². The van der Waals surface area contributed by atoms with Gasteiger partial charge in [-0.05, 0) is 25.7 Å². The van der Waals surface area contributed by atoms with E-state index in [0.29, 0.717) is 13.0 Å². The van der Waals surface area contributed by atoms with E-state index in [0.717, 1.165) is 44.9 Å². The Hall–Kier alpha value is -1.39. The third-order valence-electron chi connectivity index (χ3n) is 3.87. The Bertz CT molecular complexity index is 348. The summed E-state index contributed by atoms with van der Waals surface area (Å²) < 4.78 is 5.04. The fraction of sp³-hybridized carbons (Fsp3) is 0.812. The van der Waals surface area contributed by atoms with Crippen LogP contribution in [0.25, 0.3) is 0 Å². The van der Waals surface area contributed by atoms with Gasteiger partial charge >= 0.3 is 5.97 Å². The second-order valence-corrected chi connectivity index (χ2v) is 5.76. The number of ether oxygens (including phenoxy) is 1. The molecular weight excluding hydrogens is 270 g/mol. The molecule has 1 amide bonds. The van der Waals surface area contributed by atoms with E-state index in [1.54, 1.807) is 0 Å². The lowest BCUT2D eigenvalue weighted by Gasteiger charge is -2.19. The minimum Gasteiger partial charge on any atom is -0.458 e. The van der Waals surface area contributed by atoms with E-state index in [1.807, 2.05) is 0 Å². The van der Waals surface area contributed by atoms with Crippen LogP contribution in [-0.4, -0.2) is 30.8 Å². The fourth-order valence-electron chi connectivity index (χ4n) is 2.60. The summed E-state index contributed by atoms with van der Waals surface area (Å²) in [6.07, 6.45) is 8.12. The first-order valence-corrected chi connectivity index (χ1v) is 8.02. The molecular formula is C16H27NO4. The first kappa shape index (κ1) is 17.7. The second-order valence-electron chi connectivity index (χ2n) is 5.76. The van der Waals surface area contributed by atoms with Crippen molar-refractivity contribution in [2.75, 3.05) is 13.2 Å². The third-order valence-corrected chi connectivity index (χ3v) is 3.87. The molecule has 0 heterocycles. The molecule has 1 aliphatic rings. The van der Waals surface area contributed by atoms with Gasteiger partial charge in [-0.25, -0.2) is 0 Å². The van der Waals surface area contributed by atoms with Crippen LogP contribution in [0.15, 0.2) is 0 Å². The van der Waals surface area contributed by atoms with Crippen molar-refractivity contribution in [3.8, 4) is 0 Å². The molecule has 5 heteroatoms. The molecule has 0 atom stereocenters. The number of Topliss-reactive ketones (excluding diaryl/α,β-unsaturated/α-hetero) is 1. The minimum absolute atomic E-state index is 0.0318. The van der Waals surface area contributed by atoms with Crippen molar-refractivity contribution < 1.29 is 19.1 Å². The first-order chi connectivity index (χ1) is 10.1. The lowest BCUT2D eigenvalue weighted by molar-refractivity contribution is -0.149. The van der Waals surface area contributed by atoms with Gasteiger partial charge in [0, 0.05) is 25.8 Å². The van der Waals surface area contributed by atoms with E-state index in [2.05, 4.69) is 5.32 Å². The molecule has 120 valence electrons. The molecule has 21 heavy (non-hydrogen) atoms. The van der Waals surface area contributed by atoms with Gasteiger partial charge in [0.2, 0.25) is 5.91 Å². The summed E-state index contributed by atoms with van der Waals surface area (Å²) in [6, 6.07) is 0. The van der Waals surface area contributed by atoms with Crippen LogP contribution >= 0.6 is 0 Å². The van der Waals surface area contributed by atoms with Gasteiger partial charge in [0.05, 0.1) is 0 Å². The van der Waals surface area contributed by atoms with Crippen molar-refractivity contribution in [3.63, 3.8) is 0 Å². The molecule has 0 saturated heterocycles. The van der Waals surface area contributed by atoms with Crippen molar-refractivity contribution >= 4 is 17.7 Å². The van der Waals surface area contributed by atoms with Crippen LogP contribution in [0, 0.1) is 5.92 Å². The maximum Gasteiger partial charge on any atom is 0.306 e. The third kappa shape index (κ3) is 8.48. The Balaban J connectivity index is 2.00. The molecule has 0 unspecified atom stereocenters. The molecule has 0 aromatic rings. The number of hydrogen-bond donors (Lipinski definition) is 1. The fourth-order valence-corrected chi connectivity index (χ4v) is 2.60. The quantitative estimate of drug-likeness (QED) is 0.524. The second kappa shape index (κ2) is 10.4. The van der Waals surface area contributed by atoms with Crippen molar-refractivity contribution in [2.24, 2.45) is 5.92 Å². The highest BCUT2D eigenvalue weighted by Gasteiger charge is 2.21. The number of amides is 1. The number of carbonyl (C=O) groups excluding carboxylic acids is 3. The average molecular weight is 297 g/mol. The molecule has 0 bridgehead atoms. The molecule has 0 aromatic carbocycles. The smallest absolute Gasteiger partial charge is 0.306 e. The van der Waals surface area contributed by atoms with Gasteiger partial charge in [-0.1, -0.05) is 25.7 Å². The molecule has 1 N–H and O–H groups in total. The summed E-state index contributed by atoms with van der Waals surface area (Å²) in [4.78, 5) is 34.0. The van der Waals surface area contributed by atoms with Crippen molar-refractivity contribution in [3.05, 3.63) is 0 Å². The summed E-state index contributed by atoms with van der Waals surface area (Å²) >= 11 is 0. The van der Waals surface area contributed by atoms with Crippen molar-refractivity contribution in [1.29, 1.82) is 0 Å². The number of hydrogen-bond acceptors (Lipinski definition) is 4. The van der Waals surface area contributed by atoms with Crippen molar-refractivity contribution in [2.45, 2.75) is 64.7 Å². The van der Waals surface area contributed by atoms with Crippen LogP contribution in [0.3, 0.4) is 0 Å².